The van der Waals surface area contributed by atoms with Crippen LogP contribution in [-0.4, -0.2) is 19.7 Å². The van der Waals surface area contributed by atoms with Gasteiger partial charge in [-0.2, -0.15) is 0 Å². The number of nitrogens with zero attached hydrogens (tertiary/aromatic N) is 3. The Hall–Kier alpha value is -1.80. The Labute approximate surface area is 116 Å². The number of oxazole rings is 1. The molecule has 0 aliphatic carbocycles. The van der Waals surface area contributed by atoms with Gasteiger partial charge < -0.3 is 4.42 Å². The highest BCUT2D eigenvalue weighted by Crippen LogP contribution is 2.25. The molecule has 0 radical (unpaired) electrons. The highest BCUT2D eigenvalue weighted by Gasteiger charge is 2.10. The predicted molar refractivity (Wildman–Crippen MR) is 73.2 cm³/mol. The van der Waals surface area contributed by atoms with E-state index < -0.39 is 0 Å². The average molecular weight is 294 g/mol. The minimum atomic E-state index is -0.220. The lowest BCUT2D eigenvalue weighted by Gasteiger charge is -1.95. The third kappa shape index (κ3) is 2.49. The molecule has 6 nitrogen and oxygen atoms in total. The van der Waals surface area contributed by atoms with E-state index in [2.05, 4.69) is 15.2 Å². The summed E-state index contributed by atoms with van der Waals surface area (Å²) in [6.45, 7) is 0. The second-order valence-corrected chi connectivity index (χ2v) is 5.67. The summed E-state index contributed by atoms with van der Waals surface area (Å²) in [7, 11) is 1.67. The largest absolute Gasteiger partial charge is 0.444 e. The summed E-state index contributed by atoms with van der Waals surface area (Å²) in [5.41, 5.74) is 0.603. The van der Waals surface area contributed by atoms with E-state index >= 15 is 0 Å². The molecular formula is C11H10N4O2S2. The van der Waals surface area contributed by atoms with Crippen LogP contribution in [0.3, 0.4) is 0 Å². The molecule has 1 N–H and O–H groups in total. The lowest BCUT2D eigenvalue weighted by Crippen LogP contribution is -2.12. The van der Waals surface area contributed by atoms with E-state index in [9.17, 15) is 4.79 Å². The molecule has 0 fully saturated rings. The third-order valence-corrected chi connectivity index (χ3v) is 4.39. The van der Waals surface area contributed by atoms with Crippen molar-refractivity contribution < 1.29 is 4.42 Å². The Morgan fingerprint density at radius 3 is 3.16 bits per heavy atom. The summed E-state index contributed by atoms with van der Waals surface area (Å²) < 4.78 is 6.89. The number of thioether (sulfide) groups is 1. The highest BCUT2D eigenvalue weighted by molar-refractivity contribution is 7.98. The zero-order valence-corrected chi connectivity index (χ0v) is 11.6. The molecular weight excluding hydrogens is 284 g/mol. The maximum absolute atomic E-state index is 11.2. The van der Waals surface area contributed by atoms with Gasteiger partial charge in [0.1, 0.15) is 6.26 Å². The molecule has 98 valence electrons. The van der Waals surface area contributed by atoms with Crippen LogP contribution in [-0.2, 0) is 12.8 Å². The second-order valence-electron chi connectivity index (χ2n) is 3.78. The van der Waals surface area contributed by atoms with Gasteiger partial charge in [-0.3, -0.25) is 4.57 Å². The third-order valence-electron chi connectivity index (χ3n) is 2.47. The van der Waals surface area contributed by atoms with Crippen LogP contribution in [0.1, 0.15) is 5.69 Å². The van der Waals surface area contributed by atoms with Gasteiger partial charge in [0, 0.05) is 12.8 Å². The maximum atomic E-state index is 11.2. The molecule has 0 aliphatic rings. The van der Waals surface area contributed by atoms with Crippen molar-refractivity contribution in [2.75, 3.05) is 0 Å². The summed E-state index contributed by atoms with van der Waals surface area (Å²) >= 11 is 3.02. The summed E-state index contributed by atoms with van der Waals surface area (Å²) in [6, 6.07) is 3.92. The number of aromatic amines is 1. The zero-order chi connectivity index (χ0) is 13.2. The fourth-order valence-electron chi connectivity index (χ4n) is 1.49. The second kappa shape index (κ2) is 5.06. The fraction of sp³-hybridized carbons (Fsp3) is 0.182. The first-order chi connectivity index (χ1) is 9.24. The van der Waals surface area contributed by atoms with Crippen molar-refractivity contribution in [3.8, 4) is 10.8 Å². The maximum Gasteiger partial charge on any atom is 0.343 e. The lowest BCUT2D eigenvalue weighted by atomic mass is 10.5. The van der Waals surface area contributed by atoms with E-state index in [-0.39, 0.29) is 5.69 Å². The normalized spacial score (nSPS) is 11.0. The first kappa shape index (κ1) is 12.2. The van der Waals surface area contributed by atoms with Gasteiger partial charge in [0.05, 0.1) is 10.6 Å². The van der Waals surface area contributed by atoms with Crippen LogP contribution in [0.5, 0.6) is 0 Å². The minimum Gasteiger partial charge on any atom is -0.444 e. The molecule has 19 heavy (non-hydrogen) atoms. The van der Waals surface area contributed by atoms with E-state index in [1.165, 1.54) is 16.3 Å². The smallest absolute Gasteiger partial charge is 0.343 e. The van der Waals surface area contributed by atoms with Gasteiger partial charge in [-0.15, -0.1) is 16.4 Å². The minimum absolute atomic E-state index is 0.220. The van der Waals surface area contributed by atoms with Gasteiger partial charge >= 0.3 is 5.69 Å². The van der Waals surface area contributed by atoms with E-state index in [0.29, 0.717) is 16.8 Å². The van der Waals surface area contributed by atoms with Gasteiger partial charge in [-0.25, -0.2) is 14.9 Å². The van der Waals surface area contributed by atoms with Gasteiger partial charge in [0.15, 0.2) is 5.16 Å². The Morgan fingerprint density at radius 2 is 2.47 bits per heavy atom. The number of hydrogen-bond acceptors (Lipinski definition) is 6. The average Bonchev–Trinajstić information content (AvgIpc) is 3.11. The highest BCUT2D eigenvalue weighted by atomic mass is 32.2. The van der Waals surface area contributed by atoms with Gasteiger partial charge in [0.2, 0.25) is 5.89 Å². The summed E-state index contributed by atoms with van der Waals surface area (Å²) in [6.07, 6.45) is 1.63. The summed E-state index contributed by atoms with van der Waals surface area (Å²) in [5, 5.41) is 8.92. The Morgan fingerprint density at radius 1 is 1.58 bits per heavy atom. The standard InChI is InChI=1S/C11H10N4O2S2/c1-15-10(16)13-14-11(15)19-6-7-5-17-9(12-7)8-3-2-4-18-8/h2-5H,6H2,1H3,(H,13,16). The lowest BCUT2D eigenvalue weighted by molar-refractivity contribution is 0.575. The van der Waals surface area contributed by atoms with Crippen molar-refractivity contribution in [1.29, 1.82) is 0 Å². The molecule has 8 heteroatoms. The zero-order valence-electron chi connectivity index (χ0n) is 9.99. The van der Waals surface area contributed by atoms with E-state index in [1.807, 2.05) is 17.5 Å². The number of hydrogen-bond donors (Lipinski definition) is 1. The molecule has 3 aromatic heterocycles. The summed E-state index contributed by atoms with van der Waals surface area (Å²) in [4.78, 5) is 16.6. The fourth-order valence-corrected chi connectivity index (χ4v) is 2.94. The molecule has 0 aliphatic heterocycles. The number of H-pyrrole nitrogens is 1. The van der Waals surface area contributed by atoms with Crippen molar-refractivity contribution in [2.24, 2.45) is 7.05 Å². The number of rotatable bonds is 4. The molecule has 0 unspecified atom stereocenters. The quantitative estimate of drug-likeness (QED) is 0.746. The molecule has 0 bridgehead atoms. The number of nitrogens with one attached hydrogen (secondary N) is 1. The van der Waals surface area contributed by atoms with Crippen LogP contribution in [0.15, 0.2) is 38.1 Å². The van der Waals surface area contributed by atoms with Crippen LogP contribution in [0.25, 0.3) is 10.8 Å². The van der Waals surface area contributed by atoms with Crippen LogP contribution in [0.4, 0.5) is 0 Å². The monoisotopic (exact) mass is 294 g/mol. The number of thiophene rings is 1. The van der Waals surface area contributed by atoms with Gasteiger partial charge in [-0.05, 0) is 11.4 Å². The molecule has 3 rings (SSSR count). The van der Waals surface area contributed by atoms with E-state index in [0.717, 1.165) is 10.6 Å². The van der Waals surface area contributed by atoms with Crippen molar-refractivity contribution in [1.82, 2.24) is 19.7 Å². The van der Waals surface area contributed by atoms with Crippen LogP contribution in [0.2, 0.25) is 0 Å². The topological polar surface area (TPSA) is 76.7 Å². The Kier molecular flexibility index (Phi) is 3.26. The van der Waals surface area contributed by atoms with Crippen molar-refractivity contribution in [3.63, 3.8) is 0 Å². The first-order valence-corrected chi connectivity index (χ1v) is 7.33. The Balaban J connectivity index is 1.71. The van der Waals surface area contributed by atoms with Crippen molar-refractivity contribution in [2.45, 2.75) is 10.9 Å². The van der Waals surface area contributed by atoms with Gasteiger partial charge in [0.25, 0.3) is 0 Å². The molecule has 3 aromatic rings. The molecule has 0 aromatic carbocycles. The molecule has 0 saturated heterocycles. The van der Waals surface area contributed by atoms with Gasteiger partial charge in [-0.1, -0.05) is 17.8 Å². The predicted octanol–water partition coefficient (Wildman–Crippen LogP) is 2.12. The SMILES string of the molecule is Cn1c(SCc2coc(-c3cccs3)n2)n[nH]c1=O. The molecule has 3 heterocycles. The van der Waals surface area contributed by atoms with E-state index in [4.69, 9.17) is 4.42 Å². The summed E-state index contributed by atoms with van der Waals surface area (Å²) in [5.74, 6) is 1.23. The van der Waals surface area contributed by atoms with Crippen LogP contribution >= 0.6 is 23.1 Å². The van der Waals surface area contributed by atoms with E-state index in [1.54, 1.807) is 24.6 Å². The van der Waals surface area contributed by atoms with Crippen LogP contribution < -0.4 is 5.69 Å². The van der Waals surface area contributed by atoms with Crippen molar-refractivity contribution in [3.05, 3.63) is 40.0 Å². The molecule has 0 spiro atoms. The molecule has 0 amide bonds. The molecule has 0 atom stereocenters. The molecule has 0 saturated carbocycles. The van der Waals surface area contributed by atoms with Crippen molar-refractivity contribution >= 4 is 23.1 Å². The number of aromatic nitrogens is 4. The first-order valence-electron chi connectivity index (χ1n) is 5.46. The van der Waals surface area contributed by atoms with Crippen LogP contribution in [0, 0.1) is 0 Å². The Bertz CT molecular complexity index is 726.